The van der Waals surface area contributed by atoms with Gasteiger partial charge < -0.3 is 30.2 Å². The summed E-state index contributed by atoms with van der Waals surface area (Å²) in [5.41, 5.74) is 3.26. The lowest BCUT2D eigenvalue weighted by molar-refractivity contribution is -0.140. The molecular weight excluding hydrogens is 542 g/mol. The van der Waals surface area contributed by atoms with Crippen molar-refractivity contribution in [3.05, 3.63) is 60.6 Å². The summed E-state index contributed by atoms with van der Waals surface area (Å²) >= 11 is 0. The van der Waals surface area contributed by atoms with Gasteiger partial charge in [-0.05, 0) is 57.4 Å². The molecule has 0 bridgehead atoms. The Hall–Kier alpha value is -3.92. The molecule has 4 heterocycles. The van der Waals surface area contributed by atoms with E-state index < -0.39 is 17.5 Å². The van der Waals surface area contributed by atoms with Crippen LogP contribution in [0.3, 0.4) is 0 Å². The van der Waals surface area contributed by atoms with Crippen LogP contribution in [0.15, 0.2) is 54.9 Å². The lowest BCUT2D eigenvalue weighted by atomic mass is 9.85. The summed E-state index contributed by atoms with van der Waals surface area (Å²) in [6.45, 7) is 12.5. The van der Waals surface area contributed by atoms with Crippen molar-refractivity contribution in [2.24, 2.45) is 5.41 Å². The third-order valence-corrected chi connectivity index (χ3v) is 8.77. The molecule has 0 radical (unpaired) electrons. The fourth-order valence-corrected chi connectivity index (χ4v) is 6.44. The number of carbonyl (C=O) groups is 3. The van der Waals surface area contributed by atoms with Crippen LogP contribution < -0.4 is 16.0 Å². The monoisotopic (exact) mass is 587 g/mol. The molecule has 0 unspecified atom stereocenters. The smallest absolute Gasteiger partial charge is 0.317 e. The van der Waals surface area contributed by atoms with Crippen LogP contribution in [0.5, 0.6) is 0 Å². The first-order valence-electron chi connectivity index (χ1n) is 15.3. The molecule has 3 aromatic rings. The summed E-state index contributed by atoms with van der Waals surface area (Å²) < 4.78 is 2.03. The van der Waals surface area contributed by atoms with Gasteiger partial charge in [0.25, 0.3) is 0 Å². The molecule has 3 N–H and O–H groups in total. The van der Waals surface area contributed by atoms with Gasteiger partial charge in [0.1, 0.15) is 11.7 Å². The van der Waals surface area contributed by atoms with Crippen LogP contribution in [-0.2, 0) is 9.59 Å². The molecule has 0 saturated carbocycles. The van der Waals surface area contributed by atoms with Crippen LogP contribution in [0.2, 0.25) is 0 Å². The number of hydrogen-bond donors (Lipinski definition) is 3. The SMILES string of the molecule is CN[C@@H](C)C(=O)N[C@H](C(=O)N1CC[C@@H]2[C@H]1[C@@H](c1cn3cccc(-c4ccccc4)c3n1)CN2C(=O)NC(C)C)C(C)(C)C. The molecule has 43 heavy (non-hydrogen) atoms. The van der Waals surface area contributed by atoms with Gasteiger partial charge in [-0.15, -0.1) is 0 Å². The first kappa shape index (κ1) is 30.5. The highest BCUT2D eigenvalue weighted by atomic mass is 16.2. The Morgan fingerprint density at radius 2 is 1.70 bits per heavy atom. The average molecular weight is 588 g/mol. The van der Waals surface area contributed by atoms with E-state index in [1.807, 2.05) is 85.5 Å². The molecule has 2 aromatic heterocycles. The Labute approximate surface area is 254 Å². The maximum Gasteiger partial charge on any atom is 0.317 e. The maximum absolute atomic E-state index is 14.4. The number of urea groups is 1. The number of likely N-dealkylation sites (tertiary alicyclic amines) is 2. The number of aromatic nitrogens is 2. The van der Waals surface area contributed by atoms with E-state index in [-0.39, 0.29) is 41.9 Å². The molecule has 10 heteroatoms. The van der Waals surface area contributed by atoms with Crippen LogP contribution in [0.25, 0.3) is 16.8 Å². The lowest BCUT2D eigenvalue weighted by Gasteiger charge is -2.37. The highest BCUT2D eigenvalue weighted by molar-refractivity contribution is 5.91. The summed E-state index contributed by atoms with van der Waals surface area (Å²) in [5.74, 6) is -0.534. The summed E-state index contributed by atoms with van der Waals surface area (Å²) in [6.07, 6.45) is 4.68. The van der Waals surface area contributed by atoms with E-state index in [4.69, 9.17) is 4.98 Å². The van der Waals surface area contributed by atoms with Crippen molar-refractivity contribution in [1.82, 2.24) is 35.1 Å². The zero-order chi connectivity index (χ0) is 31.1. The number of benzene rings is 1. The molecule has 2 aliphatic heterocycles. The predicted octanol–water partition coefficient (Wildman–Crippen LogP) is 3.63. The van der Waals surface area contributed by atoms with Gasteiger partial charge in [-0.1, -0.05) is 51.1 Å². The van der Waals surface area contributed by atoms with Gasteiger partial charge in [-0.25, -0.2) is 9.78 Å². The third kappa shape index (κ3) is 5.98. The molecule has 5 rings (SSSR count). The number of fused-ring (bicyclic) bond motifs is 2. The van der Waals surface area contributed by atoms with E-state index >= 15 is 0 Å². The topological polar surface area (TPSA) is 111 Å². The zero-order valence-electron chi connectivity index (χ0n) is 26.3. The molecule has 2 saturated heterocycles. The number of nitrogens with zero attached hydrogens (tertiary/aromatic N) is 4. The number of pyridine rings is 1. The summed E-state index contributed by atoms with van der Waals surface area (Å²) in [5, 5.41) is 9.04. The Morgan fingerprint density at radius 3 is 2.35 bits per heavy atom. The van der Waals surface area contributed by atoms with E-state index in [1.165, 1.54) is 0 Å². The van der Waals surface area contributed by atoms with Gasteiger partial charge in [0.2, 0.25) is 11.8 Å². The molecule has 2 fully saturated rings. The van der Waals surface area contributed by atoms with Crippen molar-refractivity contribution in [1.29, 1.82) is 0 Å². The van der Waals surface area contributed by atoms with Crippen molar-refractivity contribution in [3.63, 3.8) is 0 Å². The van der Waals surface area contributed by atoms with Gasteiger partial charge in [0.05, 0.1) is 23.8 Å². The van der Waals surface area contributed by atoms with E-state index in [1.54, 1.807) is 14.0 Å². The number of hydrogen-bond acceptors (Lipinski definition) is 5. The van der Waals surface area contributed by atoms with Crippen molar-refractivity contribution in [2.45, 2.75) is 84.1 Å². The highest BCUT2D eigenvalue weighted by Crippen LogP contribution is 2.42. The Bertz CT molecular complexity index is 1480. The minimum absolute atomic E-state index is 0.0117. The predicted molar refractivity (Wildman–Crippen MR) is 168 cm³/mol. The first-order valence-corrected chi connectivity index (χ1v) is 15.3. The van der Waals surface area contributed by atoms with Gasteiger partial charge in [0.15, 0.2) is 0 Å². The first-order chi connectivity index (χ1) is 20.4. The third-order valence-electron chi connectivity index (χ3n) is 8.77. The minimum Gasteiger partial charge on any atom is -0.342 e. The van der Waals surface area contributed by atoms with Gasteiger partial charge in [-0.2, -0.15) is 0 Å². The molecule has 0 aliphatic carbocycles. The van der Waals surface area contributed by atoms with Crippen molar-refractivity contribution < 1.29 is 14.4 Å². The zero-order valence-corrected chi connectivity index (χ0v) is 26.3. The second kappa shape index (κ2) is 12.0. The maximum atomic E-state index is 14.4. The number of imidazole rings is 1. The Morgan fingerprint density at radius 1 is 0.977 bits per heavy atom. The molecule has 1 aromatic carbocycles. The Kier molecular flexibility index (Phi) is 8.51. The van der Waals surface area contributed by atoms with Crippen molar-refractivity contribution >= 4 is 23.5 Å². The lowest BCUT2D eigenvalue weighted by Crippen LogP contribution is -2.59. The van der Waals surface area contributed by atoms with Gasteiger partial charge >= 0.3 is 6.03 Å². The van der Waals surface area contributed by atoms with Crippen LogP contribution in [0.1, 0.15) is 59.6 Å². The fourth-order valence-electron chi connectivity index (χ4n) is 6.44. The van der Waals surface area contributed by atoms with E-state index in [0.717, 1.165) is 22.5 Å². The van der Waals surface area contributed by atoms with Crippen LogP contribution in [0.4, 0.5) is 4.79 Å². The van der Waals surface area contributed by atoms with E-state index in [9.17, 15) is 14.4 Å². The van der Waals surface area contributed by atoms with E-state index in [2.05, 4.69) is 34.1 Å². The van der Waals surface area contributed by atoms with Gasteiger partial charge in [0, 0.05) is 43.0 Å². The molecule has 5 atom stereocenters. The van der Waals surface area contributed by atoms with Crippen LogP contribution in [0, 0.1) is 5.41 Å². The van der Waals surface area contributed by atoms with Crippen LogP contribution in [-0.4, -0.2) is 87.4 Å². The van der Waals surface area contributed by atoms with Crippen molar-refractivity contribution in [2.75, 3.05) is 20.1 Å². The normalized spacial score (nSPS) is 21.6. The standard InChI is InChI=1S/C33H45N7O3/c1-20(2)35-32(43)40-18-24(25-19-38-16-11-14-23(29(38)36-25)22-12-9-8-10-13-22)27-26(40)15-17-39(27)31(42)28(33(4,5)6)37-30(41)21(3)34-7/h8-14,16,19-21,24,26-28,34H,15,17-18H2,1-7H3,(H,35,43)(H,37,41)/t21-,24+,26+,27+,28+/m0/s1. The van der Waals surface area contributed by atoms with Crippen molar-refractivity contribution in [3.8, 4) is 11.1 Å². The molecule has 230 valence electrons. The molecule has 2 aliphatic rings. The summed E-state index contributed by atoms with van der Waals surface area (Å²) in [6, 6.07) is 12.5. The second-order valence-electron chi connectivity index (χ2n) is 13.2. The largest absolute Gasteiger partial charge is 0.342 e. The highest BCUT2D eigenvalue weighted by Gasteiger charge is 2.54. The summed E-state index contributed by atoms with van der Waals surface area (Å²) in [7, 11) is 1.72. The number of nitrogens with one attached hydrogen (secondary N) is 3. The average Bonchev–Trinajstić information content (AvgIpc) is 3.68. The number of rotatable bonds is 7. The van der Waals surface area contributed by atoms with Gasteiger partial charge in [-0.3, -0.25) is 9.59 Å². The molecular formula is C33H45N7O3. The number of carbonyl (C=O) groups excluding carboxylic acids is 3. The second-order valence-corrected chi connectivity index (χ2v) is 13.2. The Balaban J connectivity index is 1.54. The number of amides is 4. The fraction of sp³-hybridized carbons (Fsp3) is 0.515. The number of likely N-dealkylation sites (N-methyl/N-ethyl adjacent to an activating group) is 1. The molecule has 0 spiro atoms. The summed E-state index contributed by atoms with van der Waals surface area (Å²) in [4.78, 5) is 49.7. The molecule has 4 amide bonds. The van der Waals surface area contributed by atoms with Crippen LogP contribution >= 0.6 is 0 Å². The minimum atomic E-state index is -0.723. The molecule has 10 nitrogen and oxygen atoms in total. The van der Waals surface area contributed by atoms with E-state index in [0.29, 0.717) is 19.5 Å². The quantitative estimate of drug-likeness (QED) is 0.391.